The Morgan fingerprint density at radius 2 is 0.877 bits per heavy atom. The van der Waals surface area contributed by atoms with Gasteiger partial charge < -0.3 is 89.9 Å². The monoisotopic (exact) mass is 942 g/mol. The molecule has 17 atom stereocenters. The molecule has 0 aliphatic carbocycles. The van der Waals surface area contributed by atoms with E-state index in [0.717, 1.165) is 44.9 Å². The fourth-order valence-electron chi connectivity index (χ4n) is 8.72. The minimum absolute atomic E-state index is 0.248. The van der Waals surface area contributed by atoms with Crippen LogP contribution in [0.5, 0.6) is 0 Å². The van der Waals surface area contributed by atoms with E-state index in [4.69, 9.17) is 28.4 Å². The van der Waals surface area contributed by atoms with Gasteiger partial charge in [-0.3, -0.25) is 4.79 Å². The predicted molar refractivity (Wildman–Crippen MR) is 236 cm³/mol. The van der Waals surface area contributed by atoms with Gasteiger partial charge in [0, 0.05) is 6.42 Å². The molecule has 3 aliphatic rings. The normalized spacial score (nSPS) is 34.1. The highest BCUT2D eigenvalue weighted by molar-refractivity contribution is 5.76. The topological polar surface area (TPSA) is 307 Å². The summed E-state index contributed by atoms with van der Waals surface area (Å²) in [4.78, 5) is 13.1. The van der Waals surface area contributed by atoms with E-state index in [0.29, 0.717) is 12.8 Å². The van der Waals surface area contributed by atoms with Crippen molar-refractivity contribution in [2.24, 2.45) is 0 Å². The van der Waals surface area contributed by atoms with Crippen LogP contribution in [-0.4, -0.2) is 193 Å². The van der Waals surface area contributed by atoms with Gasteiger partial charge in [-0.25, -0.2) is 0 Å². The summed E-state index contributed by atoms with van der Waals surface area (Å²) in [5.74, 6) is -0.248. The molecule has 0 bridgehead atoms. The van der Waals surface area contributed by atoms with Gasteiger partial charge >= 0.3 is 0 Å². The van der Waals surface area contributed by atoms with Crippen molar-refractivity contribution in [1.29, 1.82) is 0 Å². The van der Waals surface area contributed by atoms with Gasteiger partial charge in [0.2, 0.25) is 5.91 Å². The van der Waals surface area contributed by atoms with Crippen LogP contribution in [-0.2, 0) is 33.2 Å². The maximum Gasteiger partial charge on any atom is 0.220 e. The number of rotatable bonds is 34. The molecule has 65 heavy (non-hydrogen) atoms. The van der Waals surface area contributed by atoms with Crippen molar-refractivity contribution in [3.8, 4) is 0 Å². The van der Waals surface area contributed by atoms with E-state index in [-0.39, 0.29) is 18.9 Å². The number of hydrogen-bond donors (Lipinski definition) is 12. The second-order valence-electron chi connectivity index (χ2n) is 18.3. The minimum Gasteiger partial charge on any atom is -0.394 e. The molecular formula is C46H87NO18. The van der Waals surface area contributed by atoms with Crippen molar-refractivity contribution >= 4 is 5.91 Å². The summed E-state index contributed by atoms with van der Waals surface area (Å²) < 4.78 is 34.1. The molecule has 19 nitrogen and oxygen atoms in total. The van der Waals surface area contributed by atoms with E-state index in [1.54, 1.807) is 0 Å². The lowest BCUT2D eigenvalue weighted by Gasteiger charge is -2.48. The van der Waals surface area contributed by atoms with Gasteiger partial charge in [0.1, 0.15) is 73.2 Å². The van der Waals surface area contributed by atoms with Gasteiger partial charge in [-0.15, -0.1) is 0 Å². The molecule has 19 heteroatoms. The van der Waals surface area contributed by atoms with Crippen molar-refractivity contribution in [2.75, 3.05) is 26.4 Å². The lowest BCUT2D eigenvalue weighted by atomic mass is 9.96. The first-order valence-corrected chi connectivity index (χ1v) is 24.8. The fraction of sp³-hybridized carbons (Fsp3) is 0.978. The summed E-state index contributed by atoms with van der Waals surface area (Å²) in [6, 6.07) is -0.875. The Kier molecular flexibility index (Phi) is 29.1. The largest absolute Gasteiger partial charge is 0.394 e. The predicted octanol–water partition coefficient (Wildman–Crippen LogP) is 0.919. The Hall–Kier alpha value is -1.21. The number of amides is 1. The summed E-state index contributed by atoms with van der Waals surface area (Å²) in [7, 11) is 0. The number of carbonyl (C=O) groups is 1. The molecule has 12 N–H and O–H groups in total. The Bertz CT molecular complexity index is 1220. The van der Waals surface area contributed by atoms with E-state index in [2.05, 4.69) is 19.2 Å². The number of hydrogen-bond acceptors (Lipinski definition) is 18. The average molecular weight is 942 g/mol. The molecule has 0 radical (unpaired) electrons. The minimum atomic E-state index is -1.97. The Balaban J connectivity index is 1.57. The number of nitrogens with one attached hydrogen (secondary N) is 1. The van der Waals surface area contributed by atoms with E-state index in [9.17, 15) is 61.0 Å². The van der Waals surface area contributed by atoms with Gasteiger partial charge in [-0.1, -0.05) is 136 Å². The van der Waals surface area contributed by atoms with E-state index in [1.165, 1.54) is 77.0 Å². The lowest BCUT2D eigenvalue weighted by Crippen LogP contribution is -2.66. The highest BCUT2D eigenvalue weighted by Gasteiger charge is 2.53. The molecule has 3 heterocycles. The summed E-state index contributed by atoms with van der Waals surface area (Å²) in [6.07, 6.45) is -3.37. The number of aliphatic hydroxyl groups is 11. The molecule has 3 aliphatic heterocycles. The molecule has 3 fully saturated rings. The van der Waals surface area contributed by atoms with Crippen LogP contribution in [0.3, 0.4) is 0 Å². The van der Waals surface area contributed by atoms with Crippen molar-refractivity contribution in [3.05, 3.63) is 0 Å². The van der Waals surface area contributed by atoms with Crippen LogP contribution in [0.2, 0.25) is 0 Å². The molecule has 0 aromatic rings. The first kappa shape index (κ1) is 58.1. The maximum absolute atomic E-state index is 13.1. The smallest absolute Gasteiger partial charge is 0.220 e. The third kappa shape index (κ3) is 19.2. The van der Waals surface area contributed by atoms with Gasteiger partial charge in [-0.05, 0) is 12.8 Å². The molecule has 0 spiro atoms. The second-order valence-corrected chi connectivity index (χ2v) is 18.3. The molecular weight excluding hydrogens is 854 g/mol. The summed E-state index contributed by atoms with van der Waals surface area (Å²) in [5, 5.41) is 119. The molecule has 384 valence electrons. The number of ether oxygens (including phenoxy) is 6. The first-order chi connectivity index (χ1) is 31.3. The number of unbranched alkanes of at least 4 members (excludes halogenated alkanes) is 18. The summed E-state index contributed by atoms with van der Waals surface area (Å²) in [5.41, 5.74) is 0. The highest BCUT2D eigenvalue weighted by atomic mass is 16.8. The fourth-order valence-corrected chi connectivity index (χ4v) is 8.72. The molecule has 3 rings (SSSR count). The first-order valence-electron chi connectivity index (χ1n) is 24.8. The molecule has 0 aromatic carbocycles. The quantitative estimate of drug-likeness (QED) is 0.0399. The zero-order chi connectivity index (χ0) is 47.7. The third-order valence-corrected chi connectivity index (χ3v) is 12.9. The van der Waals surface area contributed by atoms with E-state index < -0.39 is 124 Å². The van der Waals surface area contributed by atoms with Crippen LogP contribution in [0.25, 0.3) is 0 Å². The number of carbonyl (C=O) groups excluding carboxylic acids is 1. The Labute approximate surface area is 385 Å². The molecule has 3 saturated heterocycles. The zero-order valence-corrected chi connectivity index (χ0v) is 39.0. The standard InChI is InChI=1S/C46H87NO18/c1-3-5-7-9-11-13-15-17-19-21-23-30(51)29(47-34(52)24-22-20-18-16-14-12-10-8-6-4-2)28-60-44-40(58)37(55)42(32(26-49)62-44)65-46-41(59)38(56)43(33(27-50)63-46)64-45-39(57)36(54)35(53)31(25-48)61-45/h29-33,35-46,48-51,53-59H,3-28H2,1-2H3,(H,47,52). The highest BCUT2D eigenvalue weighted by Crippen LogP contribution is 2.33. The zero-order valence-electron chi connectivity index (χ0n) is 39.0. The second kappa shape index (κ2) is 32.6. The molecule has 1 amide bonds. The molecule has 0 saturated carbocycles. The van der Waals surface area contributed by atoms with Crippen LogP contribution in [0.1, 0.15) is 155 Å². The Morgan fingerprint density at radius 1 is 0.492 bits per heavy atom. The number of aliphatic hydroxyl groups excluding tert-OH is 11. The van der Waals surface area contributed by atoms with Crippen molar-refractivity contribution in [2.45, 2.75) is 259 Å². The SMILES string of the molecule is CCCCCCCCCCCCC(=O)NC(COC1OC(CO)C(OC2OC(CO)C(OC3OC(CO)C(O)C(O)C3O)C(O)C2O)C(O)C1O)C(O)CCCCCCCCCCCC. The van der Waals surface area contributed by atoms with Crippen LogP contribution in [0.4, 0.5) is 0 Å². The summed E-state index contributed by atoms with van der Waals surface area (Å²) in [6.45, 7) is 1.71. The van der Waals surface area contributed by atoms with Gasteiger partial charge in [-0.2, -0.15) is 0 Å². The molecule has 17 unspecified atom stereocenters. The lowest BCUT2D eigenvalue weighted by molar-refractivity contribution is -0.379. The van der Waals surface area contributed by atoms with Crippen LogP contribution < -0.4 is 5.32 Å². The van der Waals surface area contributed by atoms with Crippen LogP contribution in [0, 0.1) is 0 Å². The van der Waals surface area contributed by atoms with Gasteiger partial charge in [0.15, 0.2) is 18.9 Å². The van der Waals surface area contributed by atoms with E-state index >= 15 is 0 Å². The average Bonchev–Trinajstić information content (AvgIpc) is 3.30. The van der Waals surface area contributed by atoms with Gasteiger partial charge in [0.25, 0.3) is 0 Å². The summed E-state index contributed by atoms with van der Waals surface area (Å²) >= 11 is 0. The van der Waals surface area contributed by atoms with Crippen LogP contribution in [0.15, 0.2) is 0 Å². The van der Waals surface area contributed by atoms with Crippen molar-refractivity contribution < 1.29 is 89.4 Å². The third-order valence-electron chi connectivity index (χ3n) is 12.9. The van der Waals surface area contributed by atoms with Crippen molar-refractivity contribution in [1.82, 2.24) is 5.32 Å². The Morgan fingerprint density at radius 3 is 1.34 bits per heavy atom. The van der Waals surface area contributed by atoms with Crippen LogP contribution >= 0.6 is 0 Å². The van der Waals surface area contributed by atoms with Crippen molar-refractivity contribution in [3.63, 3.8) is 0 Å². The maximum atomic E-state index is 13.1. The van der Waals surface area contributed by atoms with Gasteiger partial charge in [0.05, 0.1) is 38.6 Å². The van der Waals surface area contributed by atoms with E-state index in [1.807, 2.05) is 0 Å². The molecule has 0 aromatic heterocycles.